The molecule has 5 aliphatic rings. The molecule has 156 valence electrons. The standard InChI is InChI=1S/C24H25NO5/c1-12(2)21(24(29)30-11-18(26)13-6-4-3-5-7-13)25-22(27)19-14-8-9-15(17-10-16(14)17)20(19)23(25)28/h3-9,12,14-17,19-21H,10-11H2,1-2H3/t14-,15-,16-,17-,19-,20+,21+/m1/s1. The summed E-state index contributed by atoms with van der Waals surface area (Å²) in [5, 5.41) is 0. The number of rotatable bonds is 6. The van der Waals surface area contributed by atoms with E-state index in [1.807, 2.05) is 0 Å². The number of nitrogens with zero attached hydrogens (tertiary/aromatic N) is 1. The van der Waals surface area contributed by atoms with Gasteiger partial charge in [-0.05, 0) is 36.0 Å². The average Bonchev–Trinajstić information content (AvgIpc) is 3.53. The predicted octanol–water partition coefficient (Wildman–Crippen LogP) is 2.49. The molecule has 1 aromatic rings. The molecule has 0 unspecified atom stereocenters. The Hall–Kier alpha value is -2.76. The SMILES string of the molecule is CC(C)[C@@H](C(=O)OCC(=O)c1ccccc1)N1C(=O)[C@@H]2[C@@H]3C=C[C@H]([C@H]4C[C@H]34)[C@@H]2C1=O. The first-order chi connectivity index (χ1) is 14.4. The van der Waals surface area contributed by atoms with Crippen molar-refractivity contribution in [2.75, 3.05) is 6.61 Å². The molecule has 0 spiro atoms. The molecular formula is C24H25NO5. The lowest BCUT2D eigenvalue weighted by molar-refractivity contribution is -0.160. The molecule has 6 nitrogen and oxygen atoms in total. The summed E-state index contributed by atoms with van der Waals surface area (Å²) < 4.78 is 5.29. The number of allylic oxidation sites excluding steroid dienone is 2. The van der Waals surface area contributed by atoms with Gasteiger partial charge in [-0.25, -0.2) is 4.79 Å². The number of hydrogen-bond donors (Lipinski definition) is 0. The summed E-state index contributed by atoms with van der Waals surface area (Å²) in [5.74, 6) is -1.30. The molecule has 7 atom stereocenters. The second-order valence-corrected chi connectivity index (χ2v) is 9.29. The van der Waals surface area contributed by atoms with Crippen LogP contribution in [0.5, 0.6) is 0 Å². The monoisotopic (exact) mass is 407 g/mol. The molecule has 6 rings (SSSR count). The molecule has 6 heteroatoms. The van der Waals surface area contributed by atoms with Gasteiger partial charge in [0.15, 0.2) is 12.4 Å². The van der Waals surface area contributed by atoms with Gasteiger partial charge in [0, 0.05) is 5.56 Å². The zero-order chi connectivity index (χ0) is 21.2. The quantitative estimate of drug-likeness (QED) is 0.313. The zero-order valence-corrected chi connectivity index (χ0v) is 17.1. The van der Waals surface area contributed by atoms with Crippen molar-refractivity contribution in [3.05, 3.63) is 48.0 Å². The van der Waals surface area contributed by atoms with Crippen LogP contribution in [-0.2, 0) is 19.1 Å². The lowest BCUT2D eigenvalue weighted by atomic mass is 9.63. The molecule has 1 aromatic carbocycles. The third-order valence-corrected chi connectivity index (χ3v) is 7.29. The number of carbonyl (C=O) groups excluding carboxylic acids is 4. The fourth-order valence-corrected chi connectivity index (χ4v) is 5.86. The van der Waals surface area contributed by atoms with E-state index in [0.717, 1.165) is 11.3 Å². The number of carbonyl (C=O) groups is 4. The van der Waals surface area contributed by atoms with E-state index in [4.69, 9.17) is 4.74 Å². The van der Waals surface area contributed by atoms with Crippen LogP contribution >= 0.6 is 0 Å². The number of benzene rings is 1. The van der Waals surface area contributed by atoms with Crippen molar-refractivity contribution in [2.45, 2.75) is 26.3 Å². The molecule has 4 aliphatic carbocycles. The Morgan fingerprint density at radius 2 is 1.57 bits per heavy atom. The van der Waals surface area contributed by atoms with Crippen molar-refractivity contribution in [3.8, 4) is 0 Å². The van der Waals surface area contributed by atoms with Crippen molar-refractivity contribution in [1.82, 2.24) is 4.90 Å². The van der Waals surface area contributed by atoms with Crippen molar-refractivity contribution >= 4 is 23.6 Å². The number of Topliss-reactive ketones (excluding diaryl/α,β-unsaturated/α-hetero) is 1. The number of ether oxygens (including phenoxy) is 1. The van der Waals surface area contributed by atoms with Gasteiger partial charge in [-0.15, -0.1) is 0 Å². The lowest BCUT2D eigenvalue weighted by Crippen LogP contribution is -2.49. The number of imide groups is 1. The Morgan fingerprint density at radius 1 is 1.00 bits per heavy atom. The minimum Gasteiger partial charge on any atom is -0.456 e. The first kappa shape index (κ1) is 19.2. The van der Waals surface area contributed by atoms with E-state index in [1.165, 1.54) is 0 Å². The summed E-state index contributed by atoms with van der Waals surface area (Å²) in [6, 6.07) is 7.58. The Balaban J connectivity index is 1.34. The fourth-order valence-electron chi connectivity index (χ4n) is 5.86. The molecular weight excluding hydrogens is 382 g/mol. The molecule has 2 bridgehead atoms. The van der Waals surface area contributed by atoms with E-state index in [0.29, 0.717) is 17.4 Å². The van der Waals surface area contributed by atoms with Gasteiger partial charge < -0.3 is 4.74 Å². The largest absolute Gasteiger partial charge is 0.456 e. The normalized spacial score (nSPS) is 34.0. The molecule has 2 amide bonds. The van der Waals surface area contributed by atoms with Gasteiger partial charge in [0.25, 0.3) is 0 Å². The van der Waals surface area contributed by atoms with Gasteiger partial charge in [-0.1, -0.05) is 56.3 Å². The van der Waals surface area contributed by atoms with Gasteiger partial charge in [0.2, 0.25) is 11.8 Å². The molecule has 0 N–H and O–H groups in total. The Labute approximate surface area is 175 Å². The van der Waals surface area contributed by atoms with Crippen molar-refractivity contribution < 1.29 is 23.9 Å². The number of amides is 2. The zero-order valence-electron chi connectivity index (χ0n) is 17.1. The molecule has 1 aliphatic heterocycles. The van der Waals surface area contributed by atoms with Crippen LogP contribution in [0.1, 0.15) is 30.6 Å². The number of ketones is 1. The van der Waals surface area contributed by atoms with Crippen LogP contribution in [0.2, 0.25) is 0 Å². The van der Waals surface area contributed by atoms with Crippen molar-refractivity contribution in [1.29, 1.82) is 0 Å². The van der Waals surface area contributed by atoms with Crippen LogP contribution < -0.4 is 0 Å². The minimum absolute atomic E-state index is 0.106. The van der Waals surface area contributed by atoms with E-state index in [2.05, 4.69) is 12.2 Å². The molecule has 2 saturated carbocycles. The van der Waals surface area contributed by atoms with Gasteiger partial charge in [-0.3, -0.25) is 19.3 Å². The number of esters is 1. The number of hydrogen-bond acceptors (Lipinski definition) is 5. The van der Waals surface area contributed by atoms with Crippen molar-refractivity contribution in [2.24, 2.45) is 41.4 Å². The predicted molar refractivity (Wildman–Crippen MR) is 107 cm³/mol. The molecule has 0 aromatic heterocycles. The summed E-state index contributed by atoms with van der Waals surface area (Å²) in [7, 11) is 0. The highest BCUT2D eigenvalue weighted by molar-refractivity contribution is 6.09. The van der Waals surface area contributed by atoms with E-state index >= 15 is 0 Å². The van der Waals surface area contributed by atoms with E-state index in [-0.39, 0.29) is 47.2 Å². The topological polar surface area (TPSA) is 80.8 Å². The minimum atomic E-state index is -1.00. The van der Waals surface area contributed by atoms with Crippen LogP contribution in [0.15, 0.2) is 42.5 Å². The van der Waals surface area contributed by atoms with E-state index < -0.39 is 18.6 Å². The molecule has 30 heavy (non-hydrogen) atoms. The van der Waals surface area contributed by atoms with Gasteiger partial charge in [0.1, 0.15) is 6.04 Å². The average molecular weight is 407 g/mol. The van der Waals surface area contributed by atoms with Crippen LogP contribution in [0, 0.1) is 41.4 Å². The van der Waals surface area contributed by atoms with Gasteiger partial charge in [-0.2, -0.15) is 0 Å². The second-order valence-electron chi connectivity index (χ2n) is 9.29. The first-order valence-electron chi connectivity index (χ1n) is 10.7. The smallest absolute Gasteiger partial charge is 0.330 e. The highest BCUT2D eigenvalue weighted by Gasteiger charge is 2.68. The highest BCUT2D eigenvalue weighted by atomic mass is 16.5. The third-order valence-electron chi connectivity index (χ3n) is 7.29. The number of likely N-dealkylation sites (tertiary alicyclic amines) is 1. The Morgan fingerprint density at radius 3 is 2.10 bits per heavy atom. The van der Waals surface area contributed by atoms with Crippen LogP contribution in [0.25, 0.3) is 0 Å². The summed E-state index contributed by atoms with van der Waals surface area (Å²) in [6.07, 6.45) is 5.30. The van der Waals surface area contributed by atoms with Gasteiger partial charge in [0.05, 0.1) is 11.8 Å². The first-order valence-corrected chi connectivity index (χ1v) is 10.7. The Kier molecular flexibility index (Phi) is 4.42. The van der Waals surface area contributed by atoms with E-state index in [9.17, 15) is 19.2 Å². The summed E-state index contributed by atoms with van der Waals surface area (Å²) in [6.45, 7) is 3.17. The van der Waals surface area contributed by atoms with Crippen LogP contribution in [-0.4, -0.2) is 41.1 Å². The Bertz CT molecular complexity index is 916. The lowest BCUT2D eigenvalue weighted by Gasteiger charge is -2.37. The molecule has 1 heterocycles. The summed E-state index contributed by atoms with van der Waals surface area (Å²) in [4.78, 5) is 53.0. The van der Waals surface area contributed by atoms with Gasteiger partial charge >= 0.3 is 5.97 Å². The van der Waals surface area contributed by atoms with Crippen LogP contribution in [0.3, 0.4) is 0 Å². The maximum Gasteiger partial charge on any atom is 0.330 e. The highest BCUT2D eigenvalue weighted by Crippen LogP contribution is 2.65. The van der Waals surface area contributed by atoms with Crippen molar-refractivity contribution in [3.63, 3.8) is 0 Å². The fraction of sp³-hybridized carbons (Fsp3) is 0.500. The molecule has 3 fully saturated rings. The molecule has 1 saturated heterocycles. The second kappa shape index (κ2) is 6.89. The summed E-state index contributed by atoms with van der Waals surface area (Å²) in [5.41, 5.74) is 0.451. The maximum atomic E-state index is 13.3. The molecule has 0 radical (unpaired) electrons. The third kappa shape index (κ3) is 2.76. The van der Waals surface area contributed by atoms with E-state index in [1.54, 1.807) is 44.2 Å². The maximum absolute atomic E-state index is 13.3. The summed E-state index contributed by atoms with van der Waals surface area (Å²) >= 11 is 0. The van der Waals surface area contributed by atoms with Crippen LogP contribution in [0.4, 0.5) is 0 Å².